The van der Waals surface area contributed by atoms with Crippen LogP contribution in [0.25, 0.3) is 11.0 Å². The van der Waals surface area contributed by atoms with Crippen molar-refractivity contribution in [1.29, 1.82) is 0 Å². The Bertz CT molecular complexity index is 1700. The molecule has 3 aliphatic rings. The maximum absolute atomic E-state index is 14.2. The number of nitrogens with zero attached hydrogens (tertiary/aromatic N) is 5. The maximum Gasteiger partial charge on any atom is 0.408 e. The predicted molar refractivity (Wildman–Crippen MR) is 191 cm³/mol. The van der Waals surface area contributed by atoms with Gasteiger partial charge in [0.1, 0.15) is 42.1 Å². The minimum Gasteiger partial charge on any atom is -0.492 e. The molecule has 1 saturated carbocycles. The Labute approximate surface area is 299 Å². The molecule has 0 spiro atoms. The van der Waals surface area contributed by atoms with E-state index in [1.165, 1.54) is 4.90 Å². The average Bonchev–Trinajstić information content (AvgIpc) is 3.62. The second-order valence-corrected chi connectivity index (χ2v) is 15.4. The SMILES string of the molecule is C[C@@H]1[C@@H]2CN(C(=O)[C@H](C(C)(C)C)NC(=O)O[C@]3(C)CCC[C@H]3CCCCCc3nc4ccc(OCCNc5ncccn5)cc4nc3O2)[C@@H]1C=O. The number of aldehydes is 1. The van der Waals surface area contributed by atoms with Crippen LogP contribution in [0.2, 0.25) is 0 Å². The first kappa shape index (κ1) is 36.2. The number of aromatic nitrogens is 4. The van der Waals surface area contributed by atoms with Gasteiger partial charge in [-0.2, -0.15) is 0 Å². The second-order valence-electron chi connectivity index (χ2n) is 15.4. The molecule has 2 fully saturated rings. The summed E-state index contributed by atoms with van der Waals surface area (Å²) in [5, 5.41) is 6.04. The Hall–Kier alpha value is -4.55. The van der Waals surface area contributed by atoms with Crippen LogP contribution in [-0.4, -0.2) is 86.6 Å². The first-order valence-electron chi connectivity index (χ1n) is 18.3. The highest BCUT2D eigenvalue weighted by Crippen LogP contribution is 2.42. The molecule has 2 aromatic heterocycles. The van der Waals surface area contributed by atoms with E-state index in [9.17, 15) is 14.4 Å². The monoisotopic (exact) mass is 701 g/mol. The van der Waals surface area contributed by atoms with Crippen molar-refractivity contribution in [3.63, 3.8) is 0 Å². The summed E-state index contributed by atoms with van der Waals surface area (Å²) < 4.78 is 18.8. The van der Waals surface area contributed by atoms with E-state index >= 15 is 0 Å². The Morgan fingerprint density at radius 3 is 2.63 bits per heavy atom. The van der Waals surface area contributed by atoms with E-state index < -0.39 is 35.3 Å². The van der Waals surface area contributed by atoms with Gasteiger partial charge in [-0.3, -0.25) is 4.79 Å². The van der Waals surface area contributed by atoms with Crippen molar-refractivity contribution in [3.8, 4) is 11.6 Å². The fraction of sp³-hybridized carbons (Fsp3) is 0.605. The molecule has 13 nitrogen and oxygen atoms in total. The number of fused-ring (bicyclic) bond motifs is 5. The number of anilines is 1. The van der Waals surface area contributed by atoms with Crippen molar-refractivity contribution < 1.29 is 28.6 Å². The highest BCUT2D eigenvalue weighted by Gasteiger charge is 2.48. The summed E-state index contributed by atoms with van der Waals surface area (Å²) in [5.41, 5.74) is 0.851. The van der Waals surface area contributed by atoms with Crippen molar-refractivity contribution in [1.82, 2.24) is 30.2 Å². The molecule has 1 aliphatic carbocycles. The third kappa shape index (κ3) is 8.34. The van der Waals surface area contributed by atoms with Gasteiger partial charge in [-0.25, -0.2) is 24.7 Å². The molecule has 6 atom stereocenters. The molecule has 1 saturated heterocycles. The summed E-state index contributed by atoms with van der Waals surface area (Å²) in [6.45, 7) is 10.7. The van der Waals surface area contributed by atoms with Crippen molar-refractivity contribution in [3.05, 3.63) is 42.4 Å². The normalized spacial score (nSPS) is 27.6. The number of nitrogens with one attached hydrogen (secondary N) is 2. The van der Waals surface area contributed by atoms with E-state index in [2.05, 4.69) is 20.6 Å². The van der Waals surface area contributed by atoms with Gasteiger partial charge in [0.15, 0.2) is 0 Å². The Balaban J connectivity index is 1.27. The van der Waals surface area contributed by atoms with E-state index in [1.54, 1.807) is 18.5 Å². The van der Waals surface area contributed by atoms with Crippen LogP contribution in [0.3, 0.4) is 0 Å². The van der Waals surface area contributed by atoms with Gasteiger partial charge in [0, 0.05) is 24.4 Å². The molecule has 4 heterocycles. The zero-order valence-corrected chi connectivity index (χ0v) is 30.4. The highest BCUT2D eigenvalue weighted by atomic mass is 16.6. The van der Waals surface area contributed by atoms with Crippen LogP contribution in [0.4, 0.5) is 10.7 Å². The summed E-state index contributed by atoms with van der Waals surface area (Å²) in [5.74, 6) is 1.13. The van der Waals surface area contributed by atoms with Gasteiger partial charge in [0.2, 0.25) is 17.7 Å². The number of hydrogen-bond acceptors (Lipinski definition) is 11. The summed E-state index contributed by atoms with van der Waals surface area (Å²) in [4.78, 5) is 60.0. The standard InChI is InChI=1S/C38H51N7O6/c1-24-30(23-46)45-22-31(24)50-33-28(42-27-15-14-26(21-29(27)43-33)49-20-19-41-35-39-17-10-18-40-35)13-8-6-7-11-25-12-9-16-38(25,5)51-36(48)44-32(34(45)47)37(2,3)4/h10,14-15,17-18,21,23-25,30-32H,6-9,11-13,16,19-20,22H2,1-5H3,(H,44,48)(H,39,40,41)/t24-,25+,30+,31-,32+,38+/m0/s1. The molecule has 1 aromatic carbocycles. The summed E-state index contributed by atoms with van der Waals surface area (Å²) in [6.07, 6.45) is 10.3. The fourth-order valence-electron chi connectivity index (χ4n) is 7.66. The highest BCUT2D eigenvalue weighted by molar-refractivity contribution is 5.89. The number of rotatable bonds is 6. The third-order valence-corrected chi connectivity index (χ3v) is 10.7. The number of hydrogen-bond donors (Lipinski definition) is 2. The smallest absolute Gasteiger partial charge is 0.408 e. The number of carbonyl (C=O) groups excluding carboxylic acids is 3. The quantitative estimate of drug-likeness (QED) is 0.246. The van der Waals surface area contributed by atoms with Gasteiger partial charge in [-0.05, 0) is 75.0 Å². The largest absolute Gasteiger partial charge is 0.492 e. The van der Waals surface area contributed by atoms with Crippen molar-refractivity contribution in [2.24, 2.45) is 17.3 Å². The van der Waals surface area contributed by atoms with Crippen LogP contribution in [0.1, 0.15) is 85.3 Å². The second kappa shape index (κ2) is 15.4. The lowest BCUT2D eigenvalue weighted by Crippen LogP contribution is -2.57. The van der Waals surface area contributed by atoms with E-state index in [0.29, 0.717) is 42.7 Å². The van der Waals surface area contributed by atoms with Crippen LogP contribution < -0.4 is 20.1 Å². The van der Waals surface area contributed by atoms with Crippen molar-refractivity contribution in [2.45, 2.75) is 110 Å². The molecule has 2 N–H and O–H groups in total. The van der Waals surface area contributed by atoms with E-state index in [0.717, 1.165) is 62.4 Å². The van der Waals surface area contributed by atoms with Crippen LogP contribution in [0.15, 0.2) is 36.7 Å². The molecular formula is C38H51N7O6. The topological polar surface area (TPSA) is 158 Å². The molecule has 0 unspecified atom stereocenters. The van der Waals surface area contributed by atoms with Crippen molar-refractivity contribution >= 4 is 35.3 Å². The molecule has 0 radical (unpaired) electrons. The van der Waals surface area contributed by atoms with Crippen molar-refractivity contribution in [2.75, 3.05) is 25.0 Å². The Morgan fingerprint density at radius 1 is 1.08 bits per heavy atom. The zero-order chi connectivity index (χ0) is 36.2. The van der Waals surface area contributed by atoms with Gasteiger partial charge in [0.05, 0.1) is 30.2 Å². The van der Waals surface area contributed by atoms with Crippen LogP contribution in [0, 0.1) is 17.3 Å². The minimum absolute atomic E-state index is 0.160. The third-order valence-electron chi connectivity index (χ3n) is 10.7. The predicted octanol–water partition coefficient (Wildman–Crippen LogP) is 5.52. The van der Waals surface area contributed by atoms with Crippen LogP contribution in [-0.2, 0) is 20.7 Å². The molecule has 51 heavy (non-hydrogen) atoms. The molecule has 2 aliphatic heterocycles. The molecule has 274 valence electrons. The lowest BCUT2D eigenvalue weighted by atomic mass is 9.85. The lowest BCUT2D eigenvalue weighted by Gasteiger charge is -2.37. The van der Waals surface area contributed by atoms with Crippen LogP contribution in [0.5, 0.6) is 11.6 Å². The van der Waals surface area contributed by atoms with Gasteiger partial charge >= 0.3 is 6.09 Å². The first-order chi connectivity index (χ1) is 24.4. The summed E-state index contributed by atoms with van der Waals surface area (Å²) in [7, 11) is 0. The molecule has 6 rings (SSSR count). The Morgan fingerprint density at radius 2 is 1.86 bits per heavy atom. The summed E-state index contributed by atoms with van der Waals surface area (Å²) in [6, 6.07) is 5.74. The maximum atomic E-state index is 14.2. The van der Waals surface area contributed by atoms with E-state index in [4.69, 9.17) is 24.2 Å². The zero-order valence-electron chi connectivity index (χ0n) is 30.4. The molecule has 2 bridgehead atoms. The number of ether oxygens (including phenoxy) is 3. The van der Waals surface area contributed by atoms with Gasteiger partial charge in [-0.1, -0.05) is 40.5 Å². The van der Waals surface area contributed by atoms with E-state index in [1.807, 2.05) is 52.8 Å². The van der Waals surface area contributed by atoms with Gasteiger partial charge in [-0.15, -0.1) is 0 Å². The first-order valence-corrected chi connectivity index (χ1v) is 18.3. The molecule has 2 amide bonds. The number of amides is 2. The summed E-state index contributed by atoms with van der Waals surface area (Å²) >= 11 is 0. The molecular weight excluding hydrogens is 650 g/mol. The fourth-order valence-corrected chi connectivity index (χ4v) is 7.66. The minimum atomic E-state index is -0.911. The van der Waals surface area contributed by atoms with Gasteiger partial charge < -0.3 is 34.5 Å². The lowest BCUT2D eigenvalue weighted by molar-refractivity contribution is -0.139. The van der Waals surface area contributed by atoms with Gasteiger partial charge in [0.25, 0.3) is 0 Å². The molecule has 13 heteroatoms. The number of benzene rings is 1. The molecule has 3 aromatic rings. The number of alkyl carbamates (subject to hydrolysis) is 1. The average molecular weight is 702 g/mol. The number of aryl methyl sites for hydroxylation is 1. The van der Waals surface area contributed by atoms with Crippen LogP contribution >= 0.6 is 0 Å². The number of carbonyl (C=O) groups is 3. The Kier molecular flexibility index (Phi) is 10.9. The van der Waals surface area contributed by atoms with E-state index in [-0.39, 0.29) is 24.3 Å².